The third-order valence-electron chi connectivity index (χ3n) is 3.90. The van der Waals surface area contributed by atoms with Gasteiger partial charge in [-0.2, -0.15) is 0 Å². The minimum Gasteiger partial charge on any atom is -2.00 e. The second-order valence-electron chi connectivity index (χ2n) is 5.56. The number of aromatic nitrogens is 2. The van der Waals surface area contributed by atoms with Crippen LogP contribution in [0.2, 0.25) is 0 Å². The summed E-state index contributed by atoms with van der Waals surface area (Å²) >= 11 is 10.3. The van der Waals surface area contributed by atoms with Crippen LogP contribution in [-0.2, 0) is 49.3 Å². The van der Waals surface area contributed by atoms with E-state index in [1.807, 2.05) is 48.5 Å². The maximum Gasteiger partial charge on any atom is 4.00 e. The Balaban J connectivity index is 0.000000241. The van der Waals surface area contributed by atoms with Crippen molar-refractivity contribution in [2.75, 3.05) is 0 Å². The summed E-state index contributed by atoms with van der Waals surface area (Å²) < 4.78 is 0. The van der Waals surface area contributed by atoms with Gasteiger partial charge < -0.3 is 30.7 Å². The van der Waals surface area contributed by atoms with Crippen molar-refractivity contribution in [1.29, 1.82) is 0 Å². The molecule has 0 aliphatic carbocycles. The normalized spacial score (nSPS) is 9.62. The molecular weight excluding hydrogens is 399 g/mol. The monoisotopic (exact) mass is 415 g/mol. The maximum atomic E-state index is 5.15. The van der Waals surface area contributed by atoms with Gasteiger partial charge in [0.15, 0.2) is 0 Å². The zero-order chi connectivity index (χ0) is 17.1. The summed E-state index contributed by atoms with van der Waals surface area (Å²) in [5.41, 5.74) is 4.33. The quantitative estimate of drug-likeness (QED) is 0.388. The molecule has 2 aromatic heterocycles. The predicted octanol–water partition coefficient (Wildman–Crippen LogP) is 4.78. The SMILES string of the molecule is Cc1ccc([S-])c2ncccc12.Cc1ccc([S-])c2ncccc12.[O-2].[V+4]. The van der Waals surface area contributed by atoms with Crippen LogP contribution in [0.1, 0.15) is 11.1 Å². The second kappa shape index (κ2) is 9.81. The molecule has 0 fully saturated rings. The summed E-state index contributed by atoms with van der Waals surface area (Å²) in [5.74, 6) is 0. The number of hydrogen-bond donors (Lipinski definition) is 0. The Kier molecular flexibility index (Phi) is 8.41. The van der Waals surface area contributed by atoms with Gasteiger partial charge in [0, 0.05) is 23.2 Å². The van der Waals surface area contributed by atoms with Gasteiger partial charge in [-0.25, -0.2) is 0 Å². The first-order valence-electron chi connectivity index (χ1n) is 7.60. The summed E-state index contributed by atoms with van der Waals surface area (Å²) in [6.07, 6.45) is 3.55. The molecule has 0 unspecified atom stereocenters. The van der Waals surface area contributed by atoms with Gasteiger partial charge in [0.1, 0.15) is 0 Å². The fourth-order valence-corrected chi connectivity index (χ4v) is 3.04. The van der Waals surface area contributed by atoms with Crippen molar-refractivity contribution < 1.29 is 24.0 Å². The summed E-state index contributed by atoms with van der Waals surface area (Å²) in [6.45, 7) is 4.14. The molecule has 0 bridgehead atoms. The van der Waals surface area contributed by atoms with E-state index in [0.29, 0.717) is 0 Å². The van der Waals surface area contributed by atoms with Crippen LogP contribution in [0.5, 0.6) is 0 Å². The summed E-state index contributed by atoms with van der Waals surface area (Å²) in [7, 11) is 0. The molecule has 4 rings (SSSR count). The van der Waals surface area contributed by atoms with Crippen molar-refractivity contribution in [2.45, 2.75) is 23.6 Å². The van der Waals surface area contributed by atoms with Crippen LogP contribution in [0.3, 0.4) is 0 Å². The molecule has 0 saturated carbocycles. The Hall–Kier alpha value is -1.76. The Morgan fingerprint density at radius 3 is 1.38 bits per heavy atom. The Morgan fingerprint density at radius 2 is 1.04 bits per heavy atom. The molecular formula is C20H16N2OS2V. The third kappa shape index (κ3) is 4.69. The Morgan fingerprint density at radius 1 is 0.654 bits per heavy atom. The minimum absolute atomic E-state index is 0. The fraction of sp³-hybridized carbons (Fsp3) is 0.100. The van der Waals surface area contributed by atoms with E-state index >= 15 is 0 Å². The third-order valence-corrected chi connectivity index (χ3v) is 4.56. The van der Waals surface area contributed by atoms with Crippen LogP contribution in [0, 0.1) is 13.8 Å². The molecule has 0 spiro atoms. The van der Waals surface area contributed by atoms with E-state index in [1.165, 1.54) is 11.1 Å². The van der Waals surface area contributed by atoms with Gasteiger partial charge in [0.25, 0.3) is 0 Å². The second-order valence-corrected chi connectivity index (χ2v) is 6.44. The molecule has 2 aromatic carbocycles. The number of rotatable bonds is 0. The molecule has 26 heavy (non-hydrogen) atoms. The van der Waals surface area contributed by atoms with Crippen LogP contribution < -0.4 is 0 Å². The molecule has 1 radical (unpaired) electrons. The molecule has 2 heterocycles. The first-order valence-corrected chi connectivity index (χ1v) is 8.42. The molecule has 0 amide bonds. The van der Waals surface area contributed by atoms with E-state index in [4.69, 9.17) is 25.3 Å². The summed E-state index contributed by atoms with van der Waals surface area (Å²) in [4.78, 5) is 10.1. The van der Waals surface area contributed by atoms with Gasteiger partial charge in [-0.05, 0) is 37.1 Å². The molecule has 0 atom stereocenters. The van der Waals surface area contributed by atoms with Gasteiger partial charge in [0.2, 0.25) is 0 Å². The zero-order valence-electron chi connectivity index (χ0n) is 14.3. The number of aryl methyl sites for hydroxylation is 2. The van der Waals surface area contributed by atoms with Crippen LogP contribution in [0.15, 0.2) is 70.7 Å². The van der Waals surface area contributed by atoms with Crippen molar-refractivity contribution in [3.05, 3.63) is 72.1 Å². The number of pyridine rings is 2. The minimum atomic E-state index is 0. The van der Waals surface area contributed by atoms with Gasteiger partial charge in [-0.3, -0.25) is 9.97 Å². The van der Waals surface area contributed by atoms with Crippen molar-refractivity contribution in [1.82, 2.24) is 9.97 Å². The molecule has 3 nitrogen and oxygen atoms in total. The van der Waals surface area contributed by atoms with E-state index in [-0.39, 0.29) is 24.0 Å². The van der Waals surface area contributed by atoms with Gasteiger partial charge in [-0.1, -0.05) is 36.4 Å². The average molecular weight is 415 g/mol. The van der Waals surface area contributed by atoms with Crippen LogP contribution >= 0.6 is 0 Å². The van der Waals surface area contributed by atoms with Gasteiger partial charge in [-0.15, -0.1) is 9.79 Å². The standard InChI is InChI=1S/2C10H9NS.O.V/c2*1-7-4-5-9(12)10-8(7)3-2-6-11-10;;/h2*2-6,12H,1H3;;/q;;-2;+4/p-2. The topological polar surface area (TPSA) is 54.3 Å². The molecule has 129 valence electrons. The summed E-state index contributed by atoms with van der Waals surface area (Å²) in [5, 5.41) is 2.31. The molecule has 0 saturated heterocycles. The fourth-order valence-electron chi connectivity index (χ4n) is 2.58. The smallest absolute Gasteiger partial charge is 2.00 e. The zero-order valence-corrected chi connectivity index (χ0v) is 17.4. The van der Waals surface area contributed by atoms with Crippen molar-refractivity contribution >= 4 is 47.1 Å². The largest absolute Gasteiger partial charge is 4.00 e. The number of fused-ring (bicyclic) bond motifs is 2. The van der Waals surface area contributed by atoms with Crippen LogP contribution in [-0.4, -0.2) is 9.97 Å². The number of nitrogens with zero attached hydrogens (tertiary/aromatic N) is 2. The van der Waals surface area contributed by atoms with Crippen LogP contribution in [0.4, 0.5) is 0 Å². The first kappa shape index (κ1) is 22.3. The predicted molar refractivity (Wildman–Crippen MR) is 105 cm³/mol. The Labute approximate surface area is 176 Å². The molecule has 0 aliphatic heterocycles. The molecule has 0 aliphatic rings. The van der Waals surface area contributed by atoms with Gasteiger partial charge >= 0.3 is 18.6 Å². The van der Waals surface area contributed by atoms with E-state index in [9.17, 15) is 0 Å². The molecule has 4 aromatic rings. The first-order chi connectivity index (χ1) is 11.6. The van der Waals surface area contributed by atoms with E-state index < -0.39 is 0 Å². The molecule has 0 N–H and O–H groups in total. The van der Waals surface area contributed by atoms with Crippen molar-refractivity contribution in [2.24, 2.45) is 0 Å². The number of benzene rings is 2. The van der Waals surface area contributed by atoms with E-state index in [2.05, 4.69) is 23.8 Å². The Bertz CT molecular complexity index is 861. The van der Waals surface area contributed by atoms with Crippen LogP contribution in [0.25, 0.3) is 21.8 Å². The van der Waals surface area contributed by atoms with E-state index in [0.717, 1.165) is 31.6 Å². The van der Waals surface area contributed by atoms with Crippen molar-refractivity contribution in [3.8, 4) is 0 Å². The van der Waals surface area contributed by atoms with Gasteiger partial charge in [0.05, 0.1) is 11.0 Å². The maximum absolute atomic E-state index is 5.15. The number of hydrogen-bond acceptors (Lipinski definition) is 4. The molecule has 6 heteroatoms. The summed E-state index contributed by atoms with van der Waals surface area (Å²) in [6, 6.07) is 15.9. The van der Waals surface area contributed by atoms with E-state index in [1.54, 1.807) is 12.4 Å². The van der Waals surface area contributed by atoms with Crippen molar-refractivity contribution in [3.63, 3.8) is 0 Å². The average Bonchev–Trinajstić information content (AvgIpc) is 2.63.